The SMILES string of the molecule is O=C(CCSc1ccc(Cl)cc1)c1ccc2ccccc2c1. The summed E-state index contributed by atoms with van der Waals surface area (Å²) in [5.74, 6) is 0.958. The zero-order valence-electron chi connectivity index (χ0n) is 12.0. The lowest BCUT2D eigenvalue weighted by Crippen LogP contribution is -2.00. The minimum Gasteiger partial charge on any atom is -0.294 e. The Morgan fingerprint density at radius 3 is 2.41 bits per heavy atom. The van der Waals surface area contributed by atoms with E-state index >= 15 is 0 Å². The largest absolute Gasteiger partial charge is 0.294 e. The molecule has 0 saturated carbocycles. The maximum Gasteiger partial charge on any atom is 0.163 e. The summed E-state index contributed by atoms with van der Waals surface area (Å²) in [6.07, 6.45) is 0.533. The highest BCUT2D eigenvalue weighted by molar-refractivity contribution is 7.99. The molecule has 3 aromatic rings. The Kier molecular flexibility index (Phi) is 4.81. The van der Waals surface area contributed by atoms with Crippen LogP contribution in [0.15, 0.2) is 71.6 Å². The standard InChI is InChI=1S/C19H15ClOS/c20-17-7-9-18(10-8-17)22-12-11-19(21)16-6-5-14-3-1-2-4-15(14)13-16/h1-10,13H,11-12H2. The van der Waals surface area contributed by atoms with E-state index < -0.39 is 0 Å². The summed E-state index contributed by atoms with van der Waals surface area (Å²) in [7, 11) is 0. The molecule has 3 heteroatoms. The highest BCUT2D eigenvalue weighted by atomic mass is 35.5. The zero-order valence-corrected chi connectivity index (χ0v) is 13.5. The van der Waals surface area contributed by atoms with Gasteiger partial charge in [0.25, 0.3) is 0 Å². The molecule has 0 heterocycles. The van der Waals surface area contributed by atoms with Gasteiger partial charge in [0, 0.05) is 27.7 Å². The Morgan fingerprint density at radius 2 is 1.64 bits per heavy atom. The smallest absolute Gasteiger partial charge is 0.163 e. The van der Waals surface area contributed by atoms with E-state index in [2.05, 4.69) is 6.07 Å². The second-order valence-electron chi connectivity index (χ2n) is 5.04. The van der Waals surface area contributed by atoms with Crippen LogP contribution in [0.4, 0.5) is 0 Å². The summed E-state index contributed by atoms with van der Waals surface area (Å²) < 4.78 is 0. The maximum atomic E-state index is 12.3. The molecular weight excluding hydrogens is 312 g/mol. The van der Waals surface area contributed by atoms with Crippen molar-refractivity contribution in [1.82, 2.24) is 0 Å². The molecule has 110 valence electrons. The molecule has 0 aliphatic carbocycles. The van der Waals surface area contributed by atoms with Gasteiger partial charge in [-0.3, -0.25) is 4.79 Å². The van der Waals surface area contributed by atoms with E-state index in [0.29, 0.717) is 6.42 Å². The highest BCUT2D eigenvalue weighted by Crippen LogP contribution is 2.22. The lowest BCUT2D eigenvalue weighted by atomic mass is 10.0. The van der Waals surface area contributed by atoms with E-state index in [0.717, 1.165) is 32.0 Å². The molecule has 0 atom stereocenters. The first-order valence-electron chi connectivity index (χ1n) is 7.13. The molecule has 0 bridgehead atoms. The van der Waals surface area contributed by atoms with Crippen molar-refractivity contribution >= 4 is 39.9 Å². The average molecular weight is 327 g/mol. The summed E-state index contributed by atoms with van der Waals surface area (Å²) in [5, 5.41) is 3.00. The van der Waals surface area contributed by atoms with Gasteiger partial charge in [-0.1, -0.05) is 48.0 Å². The predicted octanol–water partition coefficient (Wildman–Crippen LogP) is 5.86. The second-order valence-corrected chi connectivity index (χ2v) is 6.64. The van der Waals surface area contributed by atoms with Crippen LogP contribution in [0.1, 0.15) is 16.8 Å². The van der Waals surface area contributed by atoms with Crippen molar-refractivity contribution in [2.75, 3.05) is 5.75 Å². The van der Waals surface area contributed by atoms with Gasteiger partial charge in [-0.05, 0) is 41.1 Å². The molecule has 0 fully saturated rings. The average Bonchev–Trinajstić information content (AvgIpc) is 2.56. The van der Waals surface area contributed by atoms with Crippen molar-refractivity contribution in [3.05, 3.63) is 77.3 Å². The van der Waals surface area contributed by atoms with Gasteiger partial charge >= 0.3 is 0 Å². The third kappa shape index (κ3) is 3.70. The molecule has 0 radical (unpaired) electrons. The number of rotatable bonds is 5. The molecular formula is C19H15ClOS. The van der Waals surface area contributed by atoms with Gasteiger partial charge in [0.15, 0.2) is 5.78 Å². The van der Waals surface area contributed by atoms with Gasteiger partial charge in [0.2, 0.25) is 0 Å². The first-order valence-corrected chi connectivity index (χ1v) is 8.49. The van der Waals surface area contributed by atoms with Gasteiger partial charge < -0.3 is 0 Å². The van der Waals surface area contributed by atoms with Crippen LogP contribution in [0, 0.1) is 0 Å². The lowest BCUT2D eigenvalue weighted by molar-refractivity contribution is 0.0989. The molecule has 0 saturated heterocycles. The fraction of sp³-hybridized carbons (Fsp3) is 0.105. The molecule has 0 aliphatic rings. The quantitative estimate of drug-likeness (QED) is 0.431. The van der Waals surface area contributed by atoms with Crippen LogP contribution in [0.2, 0.25) is 5.02 Å². The third-order valence-electron chi connectivity index (χ3n) is 3.48. The predicted molar refractivity (Wildman–Crippen MR) is 95.1 cm³/mol. The number of Topliss-reactive ketones (excluding diaryl/α,β-unsaturated/α-hetero) is 1. The monoisotopic (exact) mass is 326 g/mol. The Labute approximate surface area is 139 Å². The highest BCUT2D eigenvalue weighted by Gasteiger charge is 2.07. The van der Waals surface area contributed by atoms with Crippen LogP contribution >= 0.6 is 23.4 Å². The van der Waals surface area contributed by atoms with Crippen LogP contribution in [-0.4, -0.2) is 11.5 Å². The third-order valence-corrected chi connectivity index (χ3v) is 4.75. The van der Waals surface area contributed by atoms with Crippen molar-refractivity contribution in [3.63, 3.8) is 0 Å². The number of benzene rings is 3. The lowest BCUT2D eigenvalue weighted by Gasteiger charge is -2.04. The first kappa shape index (κ1) is 15.1. The van der Waals surface area contributed by atoms with Crippen LogP contribution in [0.25, 0.3) is 10.8 Å². The Morgan fingerprint density at radius 1 is 0.909 bits per heavy atom. The molecule has 0 spiro atoms. The normalized spacial score (nSPS) is 10.8. The number of carbonyl (C=O) groups is 1. The van der Waals surface area contributed by atoms with Crippen molar-refractivity contribution in [1.29, 1.82) is 0 Å². The number of hydrogen-bond donors (Lipinski definition) is 0. The van der Waals surface area contributed by atoms with Gasteiger partial charge in [-0.2, -0.15) is 0 Å². The summed E-state index contributed by atoms with van der Waals surface area (Å²) in [5.41, 5.74) is 0.787. The van der Waals surface area contributed by atoms with Crippen LogP contribution in [0.5, 0.6) is 0 Å². The van der Waals surface area contributed by atoms with Gasteiger partial charge in [0.05, 0.1) is 0 Å². The van der Waals surface area contributed by atoms with Crippen LogP contribution in [-0.2, 0) is 0 Å². The fourth-order valence-corrected chi connectivity index (χ4v) is 3.28. The van der Waals surface area contributed by atoms with Gasteiger partial charge in [-0.25, -0.2) is 0 Å². The van der Waals surface area contributed by atoms with E-state index in [1.165, 1.54) is 0 Å². The van der Waals surface area contributed by atoms with Crippen molar-refractivity contribution in [2.45, 2.75) is 11.3 Å². The summed E-state index contributed by atoms with van der Waals surface area (Å²) >= 11 is 7.54. The Hall–Kier alpha value is -1.77. The molecule has 1 nitrogen and oxygen atoms in total. The van der Waals surface area contributed by atoms with E-state index in [4.69, 9.17) is 11.6 Å². The summed E-state index contributed by atoms with van der Waals surface area (Å²) in [6, 6.07) is 21.7. The molecule has 0 aliphatic heterocycles. The maximum absolute atomic E-state index is 12.3. The molecule has 3 rings (SSSR count). The second kappa shape index (κ2) is 6.99. The summed E-state index contributed by atoms with van der Waals surface area (Å²) in [6.45, 7) is 0. The van der Waals surface area contributed by atoms with Crippen LogP contribution < -0.4 is 0 Å². The number of carbonyl (C=O) groups excluding carboxylic acids is 1. The van der Waals surface area contributed by atoms with E-state index in [9.17, 15) is 4.79 Å². The molecule has 3 aromatic carbocycles. The van der Waals surface area contributed by atoms with E-state index in [-0.39, 0.29) is 5.78 Å². The van der Waals surface area contributed by atoms with Gasteiger partial charge in [-0.15, -0.1) is 11.8 Å². The minimum absolute atomic E-state index is 0.187. The number of halogens is 1. The molecule has 22 heavy (non-hydrogen) atoms. The number of ketones is 1. The van der Waals surface area contributed by atoms with Gasteiger partial charge in [0.1, 0.15) is 0 Å². The molecule has 0 unspecified atom stereocenters. The Bertz CT molecular complexity index is 796. The number of fused-ring (bicyclic) bond motifs is 1. The molecule has 0 amide bonds. The first-order chi connectivity index (χ1) is 10.7. The number of hydrogen-bond acceptors (Lipinski definition) is 2. The van der Waals surface area contributed by atoms with E-state index in [1.54, 1.807) is 11.8 Å². The topological polar surface area (TPSA) is 17.1 Å². The number of thioether (sulfide) groups is 1. The van der Waals surface area contributed by atoms with Crippen molar-refractivity contribution < 1.29 is 4.79 Å². The fourth-order valence-electron chi connectivity index (χ4n) is 2.30. The minimum atomic E-state index is 0.187. The Balaban J connectivity index is 1.62. The summed E-state index contributed by atoms with van der Waals surface area (Å²) in [4.78, 5) is 13.4. The zero-order chi connectivity index (χ0) is 15.4. The van der Waals surface area contributed by atoms with Crippen LogP contribution in [0.3, 0.4) is 0 Å². The van der Waals surface area contributed by atoms with Crippen molar-refractivity contribution in [2.24, 2.45) is 0 Å². The van der Waals surface area contributed by atoms with E-state index in [1.807, 2.05) is 60.7 Å². The van der Waals surface area contributed by atoms with Crippen molar-refractivity contribution in [3.8, 4) is 0 Å². The molecule has 0 aromatic heterocycles. The molecule has 0 N–H and O–H groups in total.